The van der Waals surface area contributed by atoms with Crippen LogP contribution in [0.5, 0.6) is 0 Å². The first-order chi connectivity index (χ1) is 8.38. The molecule has 0 radical (unpaired) electrons. The van der Waals surface area contributed by atoms with Crippen molar-refractivity contribution in [3.63, 3.8) is 0 Å². The van der Waals surface area contributed by atoms with Crippen LogP contribution in [0.15, 0.2) is 30.3 Å². The molecule has 18 heavy (non-hydrogen) atoms. The fourth-order valence-electron chi connectivity index (χ4n) is 1.42. The van der Waals surface area contributed by atoms with Gasteiger partial charge in [-0.1, -0.05) is 30.3 Å². The van der Waals surface area contributed by atoms with E-state index in [4.69, 9.17) is 15.5 Å². The molecule has 0 aliphatic rings. The van der Waals surface area contributed by atoms with Crippen LogP contribution in [0, 0.1) is 0 Å². The zero-order valence-corrected chi connectivity index (χ0v) is 10.7. The van der Waals surface area contributed by atoms with Gasteiger partial charge in [0, 0.05) is 6.54 Å². The van der Waals surface area contributed by atoms with Crippen molar-refractivity contribution >= 4 is 13.5 Å². The van der Waals surface area contributed by atoms with Crippen LogP contribution < -0.4 is 11.1 Å². The molecule has 0 saturated heterocycles. The summed E-state index contributed by atoms with van der Waals surface area (Å²) >= 11 is 0. The van der Waals surface area contributed by atoms with Gasteiger partial charge in [0.2, 0.25) is 5.91 Å². The molecule has 0 aliphatic heterocycles. The maximum Gasteiger partial charge on any atom is 0.327 e. The first-order valence-electron chi connectivity index (χ1n) is 5.50. The Morgan fingerprint density at radius 1 is 1.33 bits per heavy atom. The number of benzene rings is 1. The van der Waals surface area contributed by atoms with Crippen molar-refractivity contribution in [2.45, 2.75) is 12.5 Å². The number of hydrogen-bond acceptors (Lipinski definition) is 3. The Hall–Kier alpha value is -1.20. The van der Waals surface area contributed by atoms with E-state index in [0.29, 0.717) is 6.42 Å². The first-order valence-corrected chi connectivity index (χ1v) is 7.30. The lowest BCUT2D eigenvalue weighted by atomic mass is 10.1. The van der Waals surface area contributed by atoms with Crippen LogP contribution in [-0.4, -0.2) is 34.4 Å². The summed E-state index contributed by atoms with van der Waals surface area (Å²) in [6, 6.07) is 8.59. The van der Waals surface area contributed by atoms with Crippen LogP contribution in [0.25, 0.3) is 0 Å². The van der Waals surface area contributed by atoms with Gasteiger partial charge in [-0.25, -0.2) is 0 Å². The van der Waals surface area contributed by atoms with E-state index in [1.54, 1.807) is 0 Å². The molecule has 0 aliphatic carbocycles. The molecular weight excluding hydrogens is 255 g/mol. The number of amides is 1. The lowest BCUT2D eigenvalue weighted by Crippen LogP contribution is -2.42. The summed E-state index contributed by atoms with van der Waals surface area (Å²) in [6.07, 6.45) is 0.0133. The predicted octanol–water partition coefficient (Wildman–Crippen LogP) is -0.150. The minimum absolute atomic E-state index is 0.0778. The molecule has 1 rings (SSSR count). The quantitative estimate of drug-likeness (QED) is 0.538. The average molecular weight is 272 g/mol. The maximum atomic E-state index is 11.5. The molecule has 6 nitrogen and oxygen atoms in total. The van der Waals surface area contributed by atoms with E-state index in [0.717, 1.165) is 5.56 Å². The van der Waals surface area contributed by atoms with E-state index in [2.05, 4.69) is 5.32 Å². The van der Waals surface area contributed by atoms with Crippen LogP contribution in [0.4, 0.5) is 0 Å². The van der Waals surface area contributed by atoms with E-state index in [1.807, 2.05) is 30.3 Å². The largest absolute Gasteiger partial charge is 0.354 e. The maximum absolute atomic E-state index is 11.5. The van der Waals surface area contributed by atoms with Crippen molar-refractivity contribution in [2.75, 3.05) is 12.7 Å². The summed E-state index contributed by atoms with van der Waals surface area (Å²) < 4.78 is 10.6. The monoisotopic (exact) mass is 272 g/mol. The molecule has 0 heterocycles. The van der Waals surface area contributed by atoms with E-state index in [9.17, 15) is 9.36 Å². The highest BCUT2D eigenvalue weighted by atomic mass is 31.2. The molecule has 100 valence electrons. The van der Waals surface area contributed by atoms with Crippen molar-refractivity contribution in [1.82, 2.24) is 5.32 Å². The van der Waals surface area contributed by atoms with Crippen molar-refractivity contribution in [2.24, 2.45) is 5.73 Å². The van der Waals surface area contributed by atoms with Crippen LogP contribution in [0.2, 0.25) is 0 Å². The fraction of sp³-hybridized carbons (Fsp3) is 0.364. The zero-order valence-electron chi connectivity index (χ0n) is 9.82. The lowest BCUT2D eigenvalue weighted by molar-refractivity contribution is -0.122. The normalized spacial score (nSPS) is 13.1. The molecule has 0 bridgehead atoms. The van der Waals surface area contributed by atoms with Gasteiger partial charge < -0.3 is 20.8 Å². The Labute approximate surface area is 105 Å². The van der Waals surface area contributed by atoms with Gasteiger partial charge in [0.05, 0.1) is 12.2 Å². The third kappa shape index (κ3) is 5.93. The minimum atomic E-state index is -4.07. The van der Waals surface area contributed by atoms with Crippen LogP contribution in [0.1, 0.15) is 5.56 Å². The lowest BCUT2D eigenvalue weighted by Gasteiger charge is -2.12. The highest BCUT2D eigenvalue weighted by Crippen LogP contribution is 2.32. The fourth-order valence-corrected chi connectivity index (χ4v) is 1.82. The number of rotatable bonds is 6. The molecule has 1 aromatic rings. The van der Waals surface area contributed by atoms with Gasteiger partial charge >= 0.3 is 7.60 Å². The highest BCUT2D eigenvalue weighted by molar-refractivity contribution is 7.51. The number of nitrogens with one attached hydrogen (secondary N) is 1. The Morgan fingerprint density at radius 3 is 2.50 bits per heavy atom. The molecule has 1 aromatic carbocycles. The molecule has 5 N–H and O–H groups in total. The summed E-state index contributed by atoms with van der Waals surface area (Å²) in [6.45, 7) is -0.0778. The second-order valence-corrected chi connectivity index (χ2v) is 5.75. The van der Waals surface area contributed by atoms with Crippen LogP contribution in [-0.2, 0) is 15.8 Å². The summed E-state index contributed by atoms with van der Waals surface area (Å²) in [7, 11) is -4.07. The molecular formula is C11H17N2O4P. The average Bonchev–Trinajstić information content (AvgIpc) is 2.28. The van der Waals surface area contributed by atoms with Crippen molar-refractivity contribution in [3.05, 3.63) is 35.9 Å². The second kappa shape index (κ2) is 6.66. The Balaban J connectivity index is 2.36. The smallest absolute Gasteiger partial charge is 0.327 e. The number of nitrogens with two attached hydrogens (primary N) is 1. The van der Waals surface area contributed by atoms with E-state index < -0.39 is 19.5 Å². The van der Waals surface area contributed by atoms with Gasteiger partial charge in [-0.15, -0.1) is 0 Å². The summed E-state index contributed by atoms with van der Waals surface area (Å²) in [5, 5.41) is 2.40. The topological polar surface area (TPSA) is 113 Å². The third-order valence-electron chi connectivity index (χ3n) is 2.34. The number of carbonyl (C=O) groups excluding carboxylic acids is 1. The highest BCUT2D eigenvalue weighted by Gasteiger charge is 2.16. The Morgan fingerprint density at radius 2 is 1.94 bits per heavy atom. The summed E-state index contributed by atoms with van der Waals surface area (Å²) in [4.78, 5) is 28.8. The van der Waals surface area contributed by atoms with Gasteiger partial charge in [-0.3, -0.25) is 9.36 Å². The standard InChI is InChI=1S/C11H17N2O4P/c12-10(8-9-4-2-1-3-5-9)11(14)13-6-7-18(15,16)17/h1-5,10H,6-8,12H2,(H,13,14)(H2,15,16,17)/t10-/m0/s1. The second-order valence-electron chi connectivity index (χ2n) is 3.98. The van der Waals surface area contributed by atoms with Gasteiger partial charge in [-0.2, -0.15) is 0 Å². The Kier molecular flexibility index (Phi) is 5.50. The molecule has 0 spiro atoms. The number of hydrogen-bond donors (Lipinski definition) is 4. The van der Waals surface area contributed by atoms with E-state index >= 15 is 0 Å². The van der Waals surface area contributed by atoms with Gasteiger partial charge in [0.15, 0.2) is 0 Å². The molecule has 0 aromatic heterocycles. The number of carbonyl (C=O) groups is 1. The molecule has 0 fully saturated rings. The first kappa shape index (κ1) is 14.9. The predicted molar refractivity (Wildman–Crippen MR) is 68.0 cm³/mol. The van der Waals surface area contributed by atoms with E-state index in [1.165, 1.54) is 0 Å². The van der Waals surface area contributed by atoms with Crippen LogP contribution in [0.3, 0.4) is 0 Å². The molecule has 1 atom stereocenters. The van der Waals surface area contributed by atoms with Crippen LogP contribution >= 0.6 is 7.60 Å². The zero-order chi connectivity index (χ0) is 13.6. The third-order valence-corrected chi connectivity index (χ3v) is 3.14. The summed E-state index contributed by atoms with van der Waals surface area (Å²) in [5.74, 6) is -0.410. The van der Waals surface area contributed by atoms with Gasteiger partial charge in [-0.05, 0) is 12.0 Å². The molecule has 0 unspecified atom stereocenters. The molecule has 7 heteroatoms. The van der Waals surface area contributed by atoms with Gasteiger partial charge in [0.1, 0.15) is 0 Å². The van der Waals surface area contributed by atoms with Crippen molar-refractivity contribution in [1.29, 1.82) is 0 Å². The van der Waals surface area contributed by atoms with Gasteiger partial charge in [0.25, 0.3) is 0 Å². The Bertz CT molecular complexity index is 432. The SMILES string of the molecule is N[C@@H](Cc1ccccc1)C(=O)NCCP(=O)(O)O. The molecule has 0 saturated carbocycles. The van der Waals surface area contributed by atoms with Crippen molar-refractivity contribution in [3.8, 4) is 0 Å². The summed E-state index contributed by atoms with van der Waals surface area (Å²) in [5.41, 5.74) is 6.63. The van der Waals surface area contributed by atoms with Crippen molar-refractivity contribution < 1.29 is 19.1 Å². The minimum Gasteiger partial charge on any atom is -0.354 e. The van der Waals surface area contributed by atoms with E-state index in [-0.39, 0.29) is 12.7 Å². The molecule has 1 amide bonds.